The lowest BCUT2D eigenvalue weighted by Crippen LogP contribution is -2.61. The van der Waals surface area contributed by atoms with E-state index in [4.69, 9.17) is 55.4 Å². The van der Waals surface area contributed by atoms with Crippen LogP contribution in [0.2, 0.25) is 0 Å². The van der Waals surface area contributed by atoms with Gasteiger partial charge in [0.15, 0.2) is 11.9 Å². The van der Waals surface area contributed by atoms with E-state index in [1.54, 1.807) is 6.26 Å². The van der Waals surface area contributed by atoms with Gasteiger partial charge >= 0.3 is 11.9 Å². The molecule has 49 heteroatoms. The van der Waals surface area contributed by atoms with Gasteiger partial charge in [-0.15, -0.1) is 0 Å². The van der Waals surface area contributed by atoms with Crippen molar-refractivity contribution in [1.29, 1.82) is 10.8 Å². The van der Waals surface area contributed by atoms with Crippen LogP contribution in [0.15, 0.2) is 0 Å². The van der Waals surface area contributed by atoms with E-state index in [9.17, 15) is 101 Å². The van der Waals surface area contributed by atoms with Crippen LogP contribution in [0.3, 0.4) is 0 Å². The van der Waals surface area contributed by atoms with Crippen molar-refractivity contribution in [1.82, 2.24) is 89.6 Å². The zero-order chi connectivity index (χ0) is 86.9. The van der Waals surface area contributed by atoms with E-state index in [0.717, 1.165) is 9.80 Å². The summed E-state index contributed by atoms with van der Waals surface area (Å²) in [4.78, 5) is 256. The fourth-order valence-corrected chi connectivity index (χ4v) is 12.1. The van der Waals surface area contributed by atoms with Crippen molar-refractivity contribution in [2.45, 2.75) is 221 Å². The zero-order valence-electron chi connectivity index (χ0n) is 64.7. The third-order valence-corrected chi connectivity index (χ3v) is 18.5. The van der Waals surface area contributed by atoms with Crippen LogP contribution in [-0.4, -0.2) is 310 Å². The Morgan fingerprint density at radius 3 is 1.27 bits per heavy atom. The summed E-state index contributed by atoms with van der Waals surface area (Å²) in [5, 5.41) is 89.2. The standard InChI is InChI=1S/C66H113N25O23S/c1-31(50(100)77-28-49(98)99)79-54(104)36(12-6-7-20-67)83-56(106)37(13-8-21-75-65(71)72)84-58(108)39(17-18-48(96)97)85-57(107)38(14-9-22-76-66(73)74)86-62(112)45-16-10-23-90(45)63(113)34(4)81-55(105)40(19-25-115-5)82-51(101)33(3)80-61(111)44-15-11-24-91(44)64(114)42(27-47(70)95)88-60(110)43(30-93)89-59(109)41(26-46(69)94)87-52(102)32(2)78-53(103)35(68)29-92/h31-45,92-93H,6-30,67-68H2,1-5H3,(H2,69,94)(H2,70,95)(H,77,100)(H,78,103)(H,79,104)(H,80,111)(H,81,105)(H,82,101)(H,83,106)(H,84,108)(H,85,107)(H,86,112)(H,87,102)(H,88,110)(H,89,109)(H,96,97)(H,98,99)(H4,71,72,75)(H4,73,74,76)/t31-,32-,33-,34-,35-,36-,37-,38-,39-,40-,41-,42-,43-,44-,45-/m0/s1. The number of aliphatic hydroxyl groups is 2. The number of hydrogen-bond acceptors (Lipinski definition) is 26. The number of likely N-dealkylation sites (tertiary alicyclic amines) is 2. The predicted octanol–water partition coefficient (Wildman–Crippen LogP) is -12.6. The molecule has 0 aromatic heterocycles. The van der Waals surface area contributed by atoms with Crippen LogP contribution >= 0.6 is 11.8 Å². The van der Waals surface area contributed by atoms with E-state index in [0.29, 0.717) is 6.42 Å². The molecule has 0 bridgehead atoms. The average molecular weight is 1660 g/mol. The Hall–Kier alpha value is -11.3. The fraction of sp³-hybridized carbons (Fsp3) is 0.682. The van der Waals surface area contributed by atoms with Crippen LogP contribution in [0.25, 0.3) is 0 Å². The number of nitrogens with one attached hydrogen (secondary N) is 17. The lowest BCUT2D eigenvalue weighted by molar-refractivity contribution is -0.143. The second-order valence-corrected chi connectivity index (χ2v) is 28.2. The topological polar surface area (TPSA) is 796 Å². The lowest BCUT2D eigenvalue weighted by Gasteiger charge is -2.30. The van der Waals surface area contributed by atoms with Crippen molar-refractivity contribution in [3.05, 3.63) is 0 Å². The van der Waals surface area contributed by atoms with Crippen LogP contribution in [0.1, 0.15) is 130 Å². The number of carbonyl (C=O) groups is 19. The summed E-state index contributed by atoms with van der Waals surface area (Å²) in [7, 11) is 0. The molecule has 33 N–H and O–H groups in total. The van der Waals surface area contributed by atoms with Gasteiger partial charge in [-0.3, -0.25) is 102 Å². The predicted molar refractivity (Wildman–Crippen MR) is 407 cm³/mol. The molecular formula is C66H113N25O23S. The highest BCUT2D eigenvalue weighted by Crippen LogP contribution is 2.22. The minimum Gasteiger partial charge on any atom is -0.481 e. The van der Waals surface area contributed by atoms with Gasteiger partial charge in [-0.25, -0.2) is 0 Å². The molecule has 15 atom stereocenters. The maximum absolute atomic E-state index is 14.5. The molecule has 0 saturated carbocycles. The van der Waals surface area contributed by atoms with Crippen molar-refractivity contribution < 1.29 is 112 Å². The van der Waals surface area contributed by atoms with Crippen LogP contribution in [0, 0.1) is 10.8 Å². The SMILES string of the molecule is CSCC[C@H](NC(=O)[C@H](C)NC(=O)[C@@H]1CCCN1C(=O)[C@H](CC(N)=O)NC(=O)[C@H](CO)NC(=O)[C@H](CC(N)=O)NC(=O)[C@H](C)NC(=O)[C@@H](N)CO)C(=O)N[C@@H](C)C(=O)N1CCC[C@H]1C(=O)N[C@@H](CCCNC(=N)N)C(=O)N[C@@H](CCC(=O)O)C(=O)N[C@@H](CCCNC(=N)N)C(=O)N[C@@H](CCCCN)C(=O)N[C@@H](C)C(=O)NCC(=O)O. The molecule has 0 unspecified atom stereocenters. The number of carboxylic acids is 2. The number of thioether (sulfide) groups is 1. The number of aliphatic carboxylic acids is 2. The summed E-state index contributed by atoms with van der Waals surface area (Å²) in [5.74, 6) is -20.6. The van der Waals surface area contributed by atoms with Crippen molar-refractivity contribution >= 4 is 136 Å². The molecule has 17 amide bonds. The number of carbonyl (C=O) groups excluding carboxylic acids is 17. The van der Waals surface area contributed by atoms with Crippen molar-refractivity contribution in [2.24, 2.45) is 34.4 Å². The van der Waals surface area contributed by atoms with E-state index >= 15 is 0 Å². The monoisotopic (exact) mass is 1660 g/mol. The zero-order valence-corrected chi connectivity index (χ0v) is 65.5. The molecule has 2 fully saturated rings. The van der Waals surface area contributed by atoms with Gasteiger partial charge in [0.25, 0.3) is 0 Å². The molecule has 0 spiro atoms. The number of unbranched alkanes of at least 4 members (excludes halogenated alkanes) is 1. The maximum atomic E-state index is 14.5. The summed E-state index contributed by atoms with van der Waals surface area (Å²) < 4.78 is 0. The van der Waals surface area contributed by atoms with Crippen LogP contribution in [0.5, 0.6) is 0 Å². The minimum absolute atomic E-state index is 0.0147. The number of hydrogen-bond donors (Lipinski definition) is 27. The number of rotatable bonds is 53. The number of amides is 17. The number of aliphatic hydroxyl groups excluding tert-OH is 2. The van der Waals surface area contributed by atoms with Gasteiger partial charge in [0.1, 0.15) is 97.2 Å². The highest BCUT2D eigenvalue weighted by atomic mass is 32.2. The Balaban J connectivity index is 2.36. The van der Waals surface area contributed by atoms with Crippen molar-refractivity contribution in [3.63, 3.8) is 0 Å². The molecule has 646 valence electrons. The highest BCUT2D eigenvalue weighted by Gasteiger charge is 2.43. The summed E-state index contributed by atoms with van der Waals surface area (Å²) in [6, 6.07) is -22.9. The third-order valence-electron chi connectivity index (χ3n) is 17.8. The van der Waals surface area contributed by atoms with Crippen LogP contribution in [0.4, 0.5) is 0 Å². The quantitative estimate of drug-likeness (QED) is 0.0153. The molecule has 0 aliphatic carbocycles. The molecule has 48 nitrogen and oxygen atoms in total. The molecule has 2 heterocycles. The van der Waals surface area contributed by atoms with Crippen LogP contribution in [-0.2, 0) is 91.1 Å². The average Bonchev–Trinajstić information content (AvgIpc) is 1.73. The Labute approximate surface area is 665 Å². The number of guanidine groups is 2. The van der Waals surface area contributed by atoms with Gasteiger partial charge in [-0.05, 0) is 130 Å². The molecule has 2 rings (SSSR count). The fourth-order valence-electron chi connectivity index (χ4n) is 11.6. The van der Waals surface area contributed by atoms with E-state index in [1.165, 1.54) is 39.5 Å². The number of nitrogens with zero attached hydrogens (tertiary/aromatic N) is 2. The summed E-state index contributed by atoms with van der Waals surface area (Å²) in [6.45, 7) is 2.21. The second-order valence-electron chi connectivity index (χ2n) is 27.2. The number of nitrogens with two attached hydrogens (primary N) is 6. The first kappa shape index (κ1) is 99.7. The highest BCUT2D eigenvalue weighted by molar-refractivity contribution is 7.98. The van der Waals surface area contributed by atoms with Gasteiger partial charge in [0.05, 0.1) is 26.1 Å². The maximum Gasteiger partial charge on any atom is 0.322 e. The summed E-state index contributed by atoms with van der Waals surface area (Å²) in [6.07, 6.45) is -0.853. The van der Waals surface area contributed by atoms with E-state index in [1.807, 2.05) is 0 Å². The van der Waals surface area contributed by atoms with Gasteiger partial charge in [0, 0.05) is 32.6 Å². The molecule has 2 saturated heterocycles. The van der Waals surface area contributed by atoms with Gasteiger partial charge in [-0.2, -0.15) is 11.8 Å². The molecule has 2 aliphatic heterocycles. The van der Waals surface area contributed by atoms with E-state index in [-0.39, 0.29) is 109 Å². The largest absolute Gasteiger partial charge is 0.481 e. The molecule has 0 aromatic carbocycles. The molecule has 0 aromatic rings. The van der Waals surface area contributed by atoms with Crippen molar-refractivity contribution in [2.75, 3.05) is 64.5 Å². The minimum atomic E-state index is -1.95. The first-order chi connectivity index (χ1) is 54.1. The molecular weight excluding hydrogens is 1540 g/mol. The Morgan fingerprint density at radius 1 is 0.417 bits per heavy atom. The molecule has 2 aliphatic rings. The number of carboxylic acid groups (broad SMARTS) is 2. The first-order valence-corrected chi connectivity index (χ1v) is 38.4. The van der Waals surface area contributed by atoms with Gasteiger partial charge < -0.3 is 144 Å². The normalized spacial score (nSPS) is 17.0. The van der Waals surface area contributed by atoms with Gasteiger partial charge in [-0.1, -0.05) is 0 Å². The van der Waals surface area contributed by atoms with Crippen LogP contribution < -0.4 is 114 Å². The number of primary amides is 2. The Kier molecular flexibility index (Phi) is 44.6. The molecule has 115 heavy (non-hydrogen) atoms. The smallest absolute Gasteiger partial charge is 0.322 e. The second kappa shape index (κ2) is 51.4. The Morgan fingerprint density at radius 2 is 0.800 bits per heavy atom. The van der Waals surface area contributed by atoms with Gasteiger partial charge in [0.2, 0.25) is 100 Å². The summed E-state index contributed by atoms with van der Waals surface area (Å²) >= 11 is 1.28. The van der Waals surface area contributed by atoms with E-state index < -0.39 is 260 Å². The third kappa shape index (κ3) is 36.1. The lowest BCUT2D eigenvalue weighted by atomic mass is 10.0. The first-order valence-electron chi connectivity index (χ1n) is 37.0. The van der Waals surface area contributed by atoms with Crippen molar-refractivity contribution in [3.8, 4) is 0 Å². The molecule has 0 radical (unpaired) electrons. The Bertz CT molecular complexity index is 3470. The summed E-state index contributed by atoms with van der Waals surface area (Å²) in [5.41, 5.74) is 32.8. The van der Waals surface area contributed by atoms with E-state index in [2.05, 4.69) is 79.8 Å².